The smallest absolute Gasteiger partial charge is 0.356 e. The first-order valence-electron chi connectivity index (χ1n) is 16.2. The van der Waals surface area contributed by atoms with Crippen molar-refractivity contribution in [3.8, 4) is 11.1 Å². The zero-order valence-electron chi connectivity index (χ0n) is 26.3. The van der Waals surface area contributed by atoms with Gasteiger partial charge in [-0.15, -0.1) is 0 Å². The van der Waals surface area contributed by atoms with E-state index in [1.807, 2.05) is 0 Å². The molecular weight excluding hydrogens is 587 g/mol. The summed E-state index contributed by atoms with van der Waals surface area (Å²) in [5.74, 6) is -0.105. The summed E-state index contributed by atoms with van der Waals surface area (Å²) in [6.07, 6.45) is 1.42. The third-order valence-corrected chi connectivity index (χ3v) is 8.95. The van der Waals surface area contributed by atoms with Gasteiger partial charge in [0.1, 0.15) is 0 Å². The van der Waals surface area contributed by atoms with E-state index in [0.29, 0.717) is 29.7 Å². The minimum Gasteiger partial charge on any atom is -0.356 e. The highest BCUT2D eigenvalue weighted by Gasteiger charge is 2.30. The second-order valence-corrected chi connectivity index (χ2v) is 12.2. The fraction of sp³-hybridized carbons (Fsp3) is 0.368. The van der Waals surface area contributed by atoms with Crippen LogP contribution < -0.4 is 10.6 Å². The first kappa shape index (κ1) is 33.2. The lowest BCUT2D eigenvalue weighted by Crippen LogP contribution is -2.45. The number of aryl methyl sites for hydroxylation is 2. The van der Waals surface area contributed by atoms with Crippen LogP contribution in [0.15, 0.2) is 84.9 Å². The number of halogens is 3. The lowest BCUT2D eigenvalue weighted by molar-refractivity contribution is -0.137. The Labute approximate surface area is 269 Å². The van der Waals surface area contributed by atoms with Crippen LogP contribution in [0.2, 0.25) is 0 Å². The number of carbonyl (C=O) groups excluding carboxylic acids is 2. The van der Waals surface area contributed by atoms with Gasteiger partial charge in [0.2, 0.25) is 5.91 Å². The Hall–Kier alpha value is -4.17. The minimum absolute atomic E-state index is 0.0429. The van der Waals surface area contributed by atoms with Crippen molar-refractivity contribution in [1.29, 1.82) is 0 Å². The number of nitrogens with one attached hydrogen (secondary N) is 2. The summed E-state index contributed by atoms with van der Waals surface area (Å²) in [5, 5.41) is 8.72. The number of hydrogen-bond donors (Lipinski definition) is 2. The molecule has 5 rings (SSSR count). The summed E-state index contributed by atoms with van der Waals surface area (Å²) in [6.45, 7) is 5.52. The van der Waals surface area contributed by atoms with E-state index in [9.17, 15) is 22.8 Å². The van der Waals surface area contributed by atoms with Crippen molar-refractivity contribution < 1.29 is 22.8 Å². The number of alkyl halides is 3. The number of amides is 2. The standard InChI is InChI=1S/C38H42F3N3O2/c1-27-15-16-28-9-2-3-10-33(28)32(27)13-8-14-36(45)42-23-6-7-24-44-25-21-31(22-26-44)43-37(46)35-12-5-4-11-34(35)29-17-19-30(20-18-29)38(39,40)41/h2-5,9-12,15-20,31H,6-8,13-14,21-26H2,1H3,(H,42,45)(H,43,46). The number of likely N-dealkylation sites (tertiary alicyclic amines) is 1. The van der Waals surface area contributed by atoms with E-state index in [1.165, 1.54) is 34.0 Å². The van der Waals surface area contributed by atoms with Gasteiger partial charge in [-0.2, -0.15) is 13.2 Å². The maximum atomic E-state index is 13.2. The molecule has 1 aliphatic rings. The monoisotopic (exact) mass is 629 g/mol. The van der Waals surface area contributed by atoms with Crippen LogP contribution >= 0.6 is 0 Å². The zero-order chi connectivity index (χ0) is 32.5. The molecule has 0 spiro atoms. The van der Waals surface area contributed by atoms with Crippen LogP contribution in [0.25, 0.3) is 21.9 Å². The molecule has 1 fully saturated rings. The molecule has 0 aliphatic carbocycles. The van der Waals surface area contributed by atoms with E-state index in [4.69, 9.17) is 0 Å². The van der Waals surface area contributed by atoms with Gasteiger partial charge in [0.15, 0.2) is 0 Å². The van der Waals surface area contributed by atoms with E-state index < -0.39 is 11.7 Å². The maximum absolute atomic E-state index is 13.2. The molecule has 1 heterocycles. The Morgan fingerprint density at radius 1 is 0.848 bits per heavy atom. The van der Waals surface area contributed by atoms with Crippen molar-refractivity contribution in [3.05, 3.63) is 107 Å². The van der Waals surface area contributed by atoms with Gasteiger partial charge in [-0.3, -0.25) is 9.59 Å². The van der Waals surface area contributed by atoms with Crippen LogP contribution in [0.3, 0.4) is 0 Å². The van der Waals surface area contributed by atoms with Crippen LogP contribution in [-0.4, -0.2) is 48.9 Å². The van der Waals surface area contributed by atoms with Crippen LogP contribution in [0.1, 0.15) is 65.6 Å². The van der Waals surface area contributed by atoms with Crippen molar-refractivity contribution >= 4 is 22.6 Å². The first-order valence-corrected chi connectivity index (χ1v) is 16.2. The van der Waals surface area contributed by atoms with Gasteiger partial charge >= 0.3 is 6.18 Å². The first-order chi connectivity index (χ1) is 22.2. The highest BCUT2D eigenvalue weighted by Crippen LogP contribution is 2.32. The van der Waals surface area contributed by atoms with E-state index >= 15 is 0 Å². The Bertz CT molecular complexity index is 1630. The quantitative estimate of drug-likeness (QED) is 0.156. The number of piperidine rings is 1. The summed E-state index contributed by atoms with van der Waals surface area (Å²) in [6, 6.07) is 24.7. The van der Waals surface area contributed by atoms with Crippen molar-refractivity contribution in [1.82, 2.24) is 15.5 Å². The zero-order valence-corrected chi connectivity index (χ0v) is 26.3. The predicted molar refractivity (Wildman–Crippen MR) is 178 cm³/mol. The molecular formula is C38H42F3N3O2. The average molecular weight is 630 g/mol. The van der Waals surface area contributed by atoms with Gasteiger partial charge in [0, 0.05) is 37.7 Å². The van der Waals surface area contributed by atoms with Crippen LogP contribution in [-0.2, 0) is 17.4 Å². The Morgan fingerprint density at radius 2 is 1.57 bits per heavy atom. The molecule has 2 amide bonds. The van der Waals surface area contributed by atoms with E-state index in [-0.39, 0.29) is 17.9 Å². The molecule has 242 valence electrons. The van der Waals surface area contributed by atoms with E-state index in [2.05, 4.69) is 58.9 Å². The number of carbonyl (C=O) groups is 2. The molecule has 0 unspecified atom stereocenters. The van der Waals surface area contributed by atoms with Crippen molar-refractivity contribution in [2.24, 2.45) is 0 Å². The molecule has 0 bridgehead atoms. The Balaban J connectivity index is 0.980. The highest BCUT2D eigenvalue weighted by molar-refractivity contribution is 6.01. The van der Waals surface area contributed by atoms with E-state index in [1.54, 1.807) is 24.3 Å². The number of hydrogen-bond acceptors (Lipinski definition) is 3. The van der Waals surface area contributed by atoms with Crippen molar-refractivity contribution in [3.63, 3.8) is 0 Å². The Kier molecular flexibility index (Phi) is 11.1. The topological polar surface area (TPSA) is 61.4 Å². The molecule has 0 saturated carbocycles. The van der Waals surface area contributed by atoms with Crippen LogP contribution in [0.4, 0.5) is 13.2 Å². The SMILES string of the molecule is Cc1ccc2ccccc2c1CCCC(=O)NCCCCN1CCC(NC(=O)c2ccccc2-c2ccc(C(F)(F)F)cc2)CC1. The summed E-state index contributed by atoms with van der Waals surface area (Å²) in [5.41, 5.74) is 3.52. The van der Waals surface area contributed by atoms with Gasteiger partial charge in [0.05, 0.1) is 5.56 Å². The van der Waals surface area contributed by atoms with Gasteiger partial charge in [-0.1, -0.05) is 66.7 Å². The molecule has 8 heteroatoms. The molecule has 1 saturated heterocycles. The lowest BCUT2D eigenvalue weighted by atomic mass is 9.95. The Morgan fingerprint density at radius 3 is 2.33 bits per heavy atom. The van der Waals surface area contributed by atoms with Gasteiger partial charge in [-0.25, -0.2) is 0 Å². The van der Waals surface area contributed by atoms with Gasteiger partial charge in [0.25, 0.3) is 5.91 Å². The van der Waals surface area contributed by atoms with Crippen molar-refractivity contribution in [2.75, 3.05) is 26.2 Å². The van der Waals surface area contributed by atoms with Gasteiger partial charge in [-0.05, 0) is 103 Å². The number of unbranched alkanes of at least 4 members (excludes halogenated alkanes) is 1. The van der Waals surface area contributed by atoms with E-state index in [0.717, 1.165) is 70.3 Å². The molecule has 0 atom stereocenters. The molecule has 2 N–H and O–H groups in total. The summed E-state index contributed by atoms with van der Waals surface area (Å²) in [4.78, 5) is 28.0. The molecule has 0 radical (unpaired) electrons. The highest BCUT2D eigenvalue weighted by atomic mass is 19.4. The van der Waals surface area contributed by atoms with Crippen molar-refractivity contribution in [2.45, 2.75) is 64.1 Å². The molecule has 5 nitrogen and oxygen atoms in total. The third-order valence-electron chi connectivity index (χ3n) is 8.95. The molecule has 46 heavy (non-hydrogen) atoms. The number of benzene rings is 4. The summed E-state index contributed by atoms with van der Waals surface area (Å²) >= 11 is 0. The maximum Gasteiger partial charge on any atom is 0.416 e. The summed E-state index contributed by atoms with van der Waals surface area (Å²) in [7, 11) is 0. The third kappa shape index (κ3) is 8.75. The predicted octanol–water partition coefficient (Wildman–Crippen LogP) is 7.95. The molecule has 4 aromatic rings. The fourth-order valence-corrected chi connectivity index (χ4v) is 6.31. The average Bonchev–Trinajstić information content (AvgIpc) is 3.06. The summed E-state index contributed by atoms with van der Waals surface area (Å²) < 4.78 is 39.0. The number of rotatable bonds is 12. The molecule has 4 aromatic carbocycles. The fourth-order valence-electron chi connectivity index (χ4n) is 6.31. The molecule has 1 aliphatic heterocycles. The second kappa shape index (κ2) is 15.4. The van der Waals surface area contributed by atoms with Crippen LogP contribution in [0.5, 0.6) is 0 Å². The minimum atomic E-state index is -4.40. The number of nitrogens with zero attached hydrogens (tertiary/aromatic N) is 1. The molecule has 0 aromatic heterocycles. The normalized spacial score (nSPS) is 14.3. The largest absolute Gasteiger partial charge is 0.416 e. The lowest BCUT2D eigenvalue weighted by Gasteiger charge is -2.32. The van der Waals surface area contributed by atoms with Crippen LogP contribution in [0, 0.1) is 6.92 Å². The number of fused-ring (bicyclic) bond motifs is 1. The second-order valence-electron chi connectivity index (χ2n) is 12.2. The van der Waals surface area contributed by atoms with Gasteiger partial charge < -0.3 is 15.5 Å².